The lowest BCUT2D eigenvalue weighted by molar-refractivity contribution is -0.0673. The van der Waals surface area contributed by atoms with Crippen LogP contribution in [0.2, 0.25) is 0 Å². The Balaban J connectivity index is 1.48. The average molecular weight is 262 g/mol. The van der Waals surface area contributed by atoms with Crippen LogP contribution in [0.1, 0.15) is 51.9 Å². The molecule has 4 saturated carbocycles. The van der Waals surface area contributed by atoms with Gasteiger partial charge in [0.1, 0.15) is 0 Å². The molecule has 0 amide bonds. The van der Waals surface area contributed by atoms with Crippen LogP contribution in [-0.4, -0.2) is 36.6 Å². The molecule has 0 aromatic heterocycles. The molecule has 4 bridgehead atoms. The highest BCUT2D eigenvalue weighted by Gasteiger charge is 2.49. The zero-order chi connectivity index (χ0) is 12.8. The molecule has 5 rings (SSSR count). The van der Waals surface area contributed by atoms with E-state index >= 15 is 0 Å². The van der Waals surface area contributed by atoms with Gasteiger partial charge in [0.25, 0.3) is 0 Å². The van der Waals surface area contributed by atoms with Crippen molar-refractivity contribution in [3.8, 4) is 0 Å². The number of hydrogen-bond acceptors (Lipinski definition) is 2. The first-order chi connectivity index (χ1) is 9.29. The summed E-state index contributed by atoms with van der Waals surface area (Å²) in [6.07, 6.45) is 10.6. The molecule has 19 heavy (non-hydrogen) atoms. The van der Waals surface area contributed by atoms with Gasteiger partial charge in [0.2, 0.25) is 0 Å². The molecule has 1 atom stereocenters. The van der Waals surface area contributed by atoms with Crippen molar-refractivity contribution < 1.29 is 0 Å². The van der Waals surface area contributed by atoms with Gasteiger partial charge in [-0.2, -0.15) is 0 Å². The molecular weight excluding hydrogens is 232 g/mol. The first kappa shape index (κ1) is 12.6. The maximum absolute atomic E-state index is 3.65. The Kier molecular flexibility index (Phi) is 3.35. The van der Waals surface area contributed by atoms with Gasteiger partial charge in [-0.1, -0.05) is 0 Å². The fourth-order valence-corrected chi connectivity index (χ4v) is 5.99. The molecule has 108 valence electrons. The lowest BCUT2D eigenvalue weighted by Crippen LogP contribution is -2.57. The molecule has 0 aromatic rings. The van der Waals surface area contributed by atoms with Crippen molar-refractivity contribution in [2.75, 3.05) is 19.6 Å². The Hall–Kier alpha value is -0.0800. The quantitative estimate of drug-likeness (QED) is 0.782. The summed E-state index contributed by atoms with van der Waals surface area (Å²) in [4.78, 5) is 2.92. The van der Waals surface area contributed by atoms with E-state index in [-0.39, 0.29) is 0 Å². The van der Waals surface area contributed by atoms with E-state index in [0.717, 1.165) is 35.8 Å². The Labute approximate surface area is 118 Å². The van der Waals surface area contributed by atoms with Crippen molar-refractivity contribution in [2.24, 2.45) is 23.7 Å². The molecule has 1 unspecified atom stereocenters. The standard InChI is InChI=1S/C17H30N2/c1-12-3-6-19(5-2-4-18-12)17-15-8-13-7-14(10-15)11-16(17)9-13/h12-18H,2-11H2,1H3. The van der Waals surface area contributed by atoms with Gasteiger partial charge in [-0.3, -0.25) is 4.90 Å². The van der Waals surface area contributed by atoms with E-state index < -0.39 is 0 Å². The molecule has 5 fully saturated rings. The van der Waals surface area contributed by atoms with Crippen LogP contribution in [0.5, 0.6) is 0 Å². The molecule has 2 nitrogen and oxygen atoms in total. The molecule has 2 heteroatoms. The maximum atomic E-state index is 3.65. The van der Waals surface area contributed by atoms with E-state index in [1.165, 1.54) is 32.5 Å². The van der Waals surface area contributed by atoms with Gasteiger partial charge in [0.05, 0.1) is 0 Å². The van der Waals surface area contributed by atoms with Gasteiger partial charge in [-0.25, -0.2) is 0 Å². The van der Waals surface area contributed by atoms with Gasteiger partial charge in [-0.15, -0.1) is 0 Å². The second-order valence-corrected chi connectivity index (χ2v) is 7.95. The summed E-state index contributed by atoms with van der Waals surface area (Å²) in [6.45, 7) is 6.29. The molecule has 5 aliphatic rings. The van der Waals surface area contributed by atoms with E-state index in [2.05, 4.69) is 17.1 Å². The number of rotatable bonds is 1. The Morgan fingerprint density at radius 3 is 2.26 bits per heavy atom. The van der Waals surface area contributed by atoms with Crippen molar-refractivity contribution in [2.45, 2.75) is 64.0 Å². The molecule has 4 aliphatic carbocycles. The summed E-state index contributed by atoms with van der Waals surface area (Å²) in [5, 5.41) is 3.65. The van der Waals surface area contributed by atoms with E-state index in [1.54, 1.807) is 32.1 Å². The molecule has 1 N–H and O–H groups in total. The molecule has 0 spiro atoms. The molecule has 1 aliphatic heterocycles. The smallest absolute Gasteiger partial charge is 0.0152 e. The first-order valence-corrected chi connectivity index (χ1v) is 8.77. The van der Waals surface area contributed by atoms with Crippen molar-refractivity contribution in [3.63, 3.8) is 0 Å². The minimum absolute atomic E-state index is 0.722. The zero-order valence-corrected chi connectivity index (χ0v) is 12.5. The molecule has 1 saturated heterocycles. The SMILES string of the molecule is CC1CCN(C2C3CC4CC(C3)CC2C4)CCCN1. The van der Waals surface area contributed by atoms with Crippen molar-refractivity contribution >= 4 is 0 Å². The van der Waals surface area contributed by atoms with Crippen molar-refractivity contribution in [1.29, 1.82) is 0 Å². The van der Waals surface area contributed by atoms with Crippen molar-refractivity contribution in [3.05, 3.63) is 0 Å². The highest BCUT2D eigenvalue weighted by molar-refractivity contribution is 5.02. The topological polar surface area (TPSA) is 15.3 Å². The molecular formula is C17H30N2. The van der Waals surface area contributed by atoms with E-state index in [1.807, 2.05) is 0 Å². The summed E-state index contributed by atoms with van der Waals surface area (Å²) in [6, 6.07) is 1.69. The maximum Gasteiger partial charge on any atom is 0.0152 e. The second kappa shape index (κ2) is 5.04. The summed E-state index contributed by atoms with van der Waals surface area (Å²) >= 11 is 0. The van der Waals surface area contributed by atoms with Crippen LogP contribution in [0.4, 0.5) is 0 Å². The third kappa shape index (κ3) is 2.35. The van der Waals surface area contributed by atoms with Gasteiger partial charge in [0, 0.05) is 12.1 Å². The van der Waals surface area contributed by atoms with Crippen LogP contribution >= 0.6 is 0 Å². The minimum Gasteiger partial charge on any atom is -0.314 e. The predicted octanol–water partition coefficient (Wildman–Crippen LogP) is 2.89. The van der Waals surface area contributed by atoms with Gasteiger partial charge >= 0.3 is 0 Å². The van der Waals surface area contributed by atoms with Gasteiger partial charge in [-0.05, 0) is 95.2 Å². The fourth-order valence-electron chi connectivity index (χ4n) is 5.99. The largest absolute Gasteiger partial charge is 0.314 e. The summed E-state index contributed by atoms with van der Waals surface area (Å²) < 4.78 is 0. The van der Waals surface area contributed by atoms with Crippen LogP contribution in [0.25, 0.3) is 0 Å². The summed E-state index contributed by atoms with van der Waals surface area (Å²) in [5.41, 5.74) is 0. The van der Waals surface area contributed by atoms with Crippen LogP contribution in [0, 0.1) is 23.7 Å². The first-order valence-electron chi connectivity index (χ1n) is 8.77. The average Bonchev–Trinajstić information content (AvgIpc) is 2.35. The summed E-state index contributed by atoms with van der Waals surface area (Å²) in [7, 11) is 0. The zero-order valence-electron chi connectivity index (χ0n) is 12.5. The Morgan fingerprint density at radius 1 is 0.895 bits per heavy atom. The predicted molar refractivity (Wildman–Crippen MR) is 79.1 cm³/mol. The third-order valence-electron chi connectivity index (χ3n) is 6.56. The van der Waals surface area contributed by atoms with E-state index in [4.69, 9.17) is 0 Å². The monoisotopic (exact) mass is 262 g/mol. The normalized spacial score (nSPS) is 51.0. The number of nitrogens with one attached hydrogen (secondary N) is 1. The highest BCUT2D eigenvalue weighted by atomic mass is 15.2. The summed E-state index contributed by atoms with van der Waals surface area (Å²) in [5.74, 6) is 4.38. The van der Waals surface area contributed by atoms with Crippen LogP contribution in [0.3, 0.4) is 0 Å². The number of hydrogen-bond donors (Lipinski definition) is 1. The highest BCUT2D eigenvalue weighted by Crippen LogP contribution is 2.55. The lowest BCUT2D eigenvalue weighted by Gasteiger charge is -2.57. The van der Waals surface area contributed by atoms with Crippen LogP contribution < -0.4 is 5.32 Å². The lowest BCUT2D eigenvalue weighted by atomic mass is 9.54. The Morgan fingerprint density at radius 2 is 1.58 bits per heavy atom. The van der Waals surface area contributed by atoms with Crippen molar-refractivity contribution in [1.82, 2.24) is 10.2 Å². The second-order valence-electron chi connectivity index (χ2n) is 7.95. The Bertz CT molecular complexity index is 299. The van der Waals surface area contributed by atoms with Gasteiger partial charge in [0.15, 0.2) is 0 Å². The van der Waals surface area contributed by atoms with E-state index in [9.17, 15) is 0 Å². The number of nitrogens with zero attached hydrogens (tertiary/aromatic N) is 1. The van der Waals surface area contributed by atoms with Crippen LogP contribution in [0.15, 0.2) is 0 Å². The molecule has 0 radical (unpaired) electrons. The fraction of sp³-hybridized carbons (Fsp3) is 1.00. The molecule has 0 aromatic carbocycles. The molecule has 1 heterocycles. The third-order valence-corrected chi connectivity index (χ3v) is 6.56. The van der Waals surface area contributed by atoms with Gasteiger partial charge < -0.3 is 5.32 Å². The van der Waals surface area contributed by atoms with Crippen LogP contribution in [-0.2, 0) is 0 Å². The van der Waals surface area contributed by atoms with E-state index in [0.29, 0.717) is 0 Å². The minimum atomic E-state index is 0.722.